The van der Waals surface area contributed by atoms with E-state index in [1.54, 1.807) is 11.1 Å². The van der Waals surface area contributed by atoms with Crippen LogP contribution < -0.4 is 16.2 Å². The molecule has 3 atom stereocenters. The monoisotopic (exact) mass is 432 g/mol. The molecule has 166 valence electrons. The minimum Gasteiger partial charge on any atom is -0.350 e. The van der Waals surface area contributed by atoms with Gasteiger partial charge in [-0.25, -0.2) is 20.7 Å². The number of hydrogen-bond acceptors (Lipinski definition) is 5. The molecule has 0 saturated carbocycles. The normalized spacial score (nSPS) is 24.0. The number of carbonyl (C=O) groups excluding carboxylic acids is 2. The number of benzene rings is 2. The van der Waals surface area contributed by atoms with E-state index in [4.69, 9.17) is 0 Å². The number of amides is 3. The average Bonchev–Trinajstić information content (AvgIpc) is 3.36. The Balaban J connectivity index is 1.22. The molecule has 2 aromatic carbocycles. The summed E-state index contributed by atoms with van der Waals surface area (Å²) >= 11 is 0. The third kappa shape index (κ3) is 3.83. The molecule has 3 amide bonds. The quantitative estimate of drug-likeness (QED) is 0.676. The maximum Gasteiger partial charge on any atom is 0.340 e. The van der Waals surface area contributed by atoms with Crippen LogP contribution in [0, 0.1) is 13.8 Å². The topological polar surface area (TPSA) is 80.0 Å². The Hall–Kier alpha value is -3.36. The molecule has 0 radical (unpaired) electrons. The van der Waals surface area contributed by atoms with Crippen molar-refractivity contribution in [1.82, 2.24) is 31.1 Å². The van der Waals surface area contributed by atoms with E-state index in [0.717, 1.165) is 12.0 Å². The van der Waals surface area contributed by atoms with Crippen molar-refractivity contribution in [3.05, 3.63) is 83.2 Å². The molecule has 3 heterocycles. The van der Waals surface area contributed by atoms with Gasteiger partial charge < -0.3 is 10.3 Å². The van der Waals surface area contributed by atoms with E-state index >= 15 is 0 Å². The lowest BCUT2D eigenvalue weighted by atomic mass is 9.97. The molecular formula is C24H28N6O2. The second-order valence-corrected chi connectivity index (χ2v) is 8.65. The highest BCUT2D eigenvalue weighted by molar-refractivity contribution is 5.85. The van der Waals surface area contributed by atoms with Crippen molar-refractivity contribution in [3.8, 4) is 0 Å². The van der Waals surface area contributed by atoms with Crippen LogP contribution in [-0.2, 0) is 11.3 Å². The van der Waals surface area contributed by atoms with E-state index < -0.39 is 0 Å². The van der Waals surface area contributed by atoms with E-state index in [1.807, 2.05) is 36.5 Å². The first-order chi connectivity index (χ1) is 15.5. The summed E-state index contributed by atoms with van der Waals surface area (Å²) in [7, 11) is 0. The molecule has 0 aromatic heterocycles. The smallest absolute Gasteiger partial charge is 0.340 e. The maximum absolute atomic E-state index is 12.9. The zero-order valence-corrected chi connectivity index (χ0v) is 18.3. The standard InChI is InChI=1S/C24H28N6O2/c1-16-8-9-19(12-17(16)2)20-13-21-23-27-30(24(32)28(23)10-11-29(21)26-20)15-22(31)25-14-18-6-4-3-5-7-18/h3-12,20-21,23,26-27H,13-15H2,1-2H3,(H,25,31). The second-order valence-electron chi connectivity index (χ2n) is 8.65. The first kappa shape index (κ1) is 20.5. The molecule has 3 N–H and O–H groups in total. The third-order valence-electron chi connectivity index (χ3n) is 6.50. The van der Waals surface area contributed by atoms with Crippen LogP contribution in [0.15, 0.2) is 60.9 Å². The predicted octanol–water partition coefficient (Wildman–Crippen LogP) is 2.29. The van der Waals surface area contributed by atoms with Gasteiger partial charge >= 0.3 is 6.03 Å². The van der Waals surface area contributed by atoms with Crippen LogP contribution in [0.1, 0.15) is 34.7 Å². The molecular weight excluding hydrogens is 404 g/mol. The molecule has 0 aliphatic carbocycles. The Morgan fingerprint density at radius 1 is 1.06 bits per heavy atom. The van der Waals surface area contributed by atoms with Crippen LogP contribution in [0.25, 0.3) is 0 Å². The Bertz CT molecular complexity index is 1060. The summed E-state index contributed by atoms with van der Waals surface area (Å²) in [5.74, 6) is -0.201. The fraction of sp³-hybridized carbons (Fsp3) is 0.333. The summed E-state index contributed by atoms with van der Waals surface area (Å²) < 4.78 is 0. The van der Waals surface area contributed by atoms with Crippen molar-refractivity contribution in [2.24, 2.45) is 0 Å². The molecule has 0 bridgehead atoms. The SMILES string of the molecule is Cc1ccc(C2CC3C4NN(CC(=O)NCc5ccccc5)C(=O)N4C=CN3N2)cc1C. The number of fused-ring (bicyclic) bond motifs is 3. The predicted molar refractivity (Wildman–Crippen MR) is 120 cm³/mol. The van der Waals surface area contributed by atoms with Crippen molar-refractivity contribution in [3.63, 3.8) is 0 Å². The molecule has 8 heteroatoms. The highest BCUT2D eigenvalue weighted by Crippen LogP contribution is 2.35. The molecule has 2 aromatic rings. The lowest BCUT2D eigenvalue weighted by Gasteiger charge is -2.34. The van der Waals surface area contributed by atoms with Crippen LogP contribution in [0.5, 0.6) is 0 Å². The largest absolute Gasteiger partial charge is 0.350 e. The van der Waals surface area contributed by atoms with Gasteiger partial charge in [0.2, 0.25) is 5.91 Å². The number of rotatable bonds is 5. The van der Waals surface area contributed by atoms with Gasteiger partial charge in [-0.1, -0.05) is 48.5 Å². The Kier molecular flexibility index (Phi) is 5.32. The molecule has 8 nitrogen and oxygen atoms in total. The van der Waals surface area contributed by atoms with Crippen molar-refractivity contribution >= 4 is 11.9 Å². The van der Waals surface area contributed by atoms with E-state index in [1.165, 1.54) is 21.7 Å². The van der Waals surface area contributed by atoms with Crippen LogP contribution in [0.4, 0.5) is 4.79 Å². The highest BCUT2D eigenvalue weighted by atomic mass is 16.2. The van der Waals surface area contributed by atoms with Gasteiger partial charge in [0.15, 0.2) is 0 Å². The molecule has 2 fully saturated rings. The highest BCUT2D eigenvalue weighted by Gasteiger charge is 2.48. The van der Waals surface area contributed by atoms with Crippen molar-refractivity contribution in [2.75, 3.05) is 6.54 Å². The molecule has 3 aliphatic rings. The van der Waals surface area contributed by atoms with E-state index in [0.29, 0.717) is 6.54 Å². The van der Waals surface area contributed by atoms with Gasteiger partial charge in [0, 0.05) is 18.9 Å². The summed E-state index contributed by atoms with van der Waals surface area (Å²) in [6.45, 7) is 4.64. The molecule has 32 heavy (non-hydrogen) atoms. The van der Waals surface area contributed by atoms with Gasteiger partial charge in [0.25, 0.3) is 0 Å². The van der Waals surface area contributed by atoms with Gasteiger partial charge in [0.05, 0.1) is 12.1 Å². The average molecular weight is 433 g/mol. The minimum absolute atomic E-state index is 0.0345. The number of aryl methyl sites for hydroxylation is 2. The van der Waals surface area contributed by atoms with Gasteiger partial charge in [-0.15, -0.1) is 0 Å². The fourth-order valence-electron chi connectivity index (χ4n) is 4.53. The number of nitrogens with one attached hydrogen (secondary N) is 3. The Morgan fingerprint density at radius 3 is 2.66 bits per heavy atom. The van der Waals surface area contributed by atoms with E-state index in [2.05, 4.69) is 53.2 Å². The number of hydrazine groups is 2. The van der Waals surface area contributed by atoms with E-state index in [-0.39, 0.29) is 36.7 Å². The zero-order chi connectivity index (χ0) is 22.2. The Morgan fingerprint density at radius 2 is 1.88 bits per heavy atom. The zero-order valence-electron chi connectivity index (χ0n) is 18.3. The molecule has 3 unspecified atom stereocenters. The number of nitrogens with zero attached hydrogens (tertiary/aromatic N) is 3. The molecule has 0 spiro atoms. The third-order valence-corrected chi connectivity index (χ3v) is 6.50. The number of urea groups is 1. The molecule has 5 rings (SSSR count). The van der Waals surface area contributed by atoms with Gasteiger partial charge in [0.1, 0.15) is 12.7 Å². The second kappa shape index (κ2) is 8.29. The summed E-state index contributed by atoms with van der Waals surface area (Å²) in [6, 6.07) is 16.3. The summed E-state index contributed by atoms with van der Waals surface area (Å²) in [4.78, 5) is 27.0. The van der Waals surface area contributed by atoms with Crippen molar-refractivity contribution in [1.29, 1.82) is 0 Å². The lowest BCUT2D eigenvalue weighted by Crippen LogP contribution is -2.54. The number of carbonyl (C=O) groups is 2. The molecule has 3 aliphatic heterocycles. The van der Waals surface area contributed by atoms with Crippen LogP contribution >= 0.6 is 0 Å². The number of hydrogen-bond donors (Lipinski definition) is 3. The summed E-state index contributed by atoms with van der Waals surface area (Å²) in [5, 5.41) is 6.35. The van der Waals surface area contributed by atoms with Crippen molar-refractivity contribution in [2.45, 2.75) is 45.1 Å². The van der Waals surface area contributed by atoms with Crippen LogP contribution in [0.2, 0.25) is 0 Å². The minimum atomic E-state index is -0.224. The van der Waals surface area contributed by atoms with Gasteiger partial charge in [-0.3, -0.25) is 9.69 Å². The first-order valence-electron chi connectivity index (χ1n) is 11.0. The van der Waals surface area contributed by atoms with Gasteiger partial charge in [-0.2, -0.15) is 0 Å². The van der Waals surface area contributed by atoms with E-state index in [9.17, 15) is 9.59 Å². The van der Waals surface area contributed by atoms with Gasteiger partial charge in [-0.05, 0) is 42.5 Å². The van der Waals surface area contributed by atoms with Crippen LogP contribution in [0.3, 0.4) is 0 Å². The van der Waals surface area contributed by atoms with Crippen LogP contribution in [-0.4, -0.2) is 45.6 Å². The van der Waals surface area contributed by atoms with Crippen molar-refractivity contribution < 1.29 is 9.59 Å². The molecule has 2 saturated heterocycles. The first-order valence-corrected chi connectivity index (χ1v) is 11.0. The Labute approximate surface area is 187 Å². The fourth-order valence-corrected chi connectivity index (χ4v) is 4.53. The summed E-state index contributed by atoms with van der Waals surface area (Å²) in [6.07, 6.45) is 4.30. The summed E-state index contributed by atoms with van der Waals surface area (Å²) in [5.41, 5.74) is 11.6. The lowest BCUT2D eigenvalue weighted by molar-refractivity contribution is -0.122. The maximum atomic E-state index is 12.9.